The number of rotatable bonds is 5. The van der Waals surface area contributed by atoms with Crippen molar-refractivity contribution in [3.63, 3.8) is 0 Å². The Kier molecular flexibility index (Phi) is 6.89. The summed E-state index contributed by atoms with van der Waals surface area (Å²) in [7, 11) is -3.43. The molecular weight excluding hydrogens is 503 g/mol. The molecule has 0 saturated carbocycles. The predicted molar refractivity (Wildman–Crippen MR) is 126 cm³/mol. The summed E-state index contributed by atoms with van der Waals surface area (Å²) < 4.78 is 32.5. The number of nitrogens with zero attached hydrogens (tertiary/aromatic N) is 2. The number of benzene rings is 2. The second-order valence-corrected chi connectivity index (χ2v) is 8.92. The van der Waals surface area contributed by atoms with Gasteiger partial charge < -0.3 is 15.8 Å². The van der Waals surface area contributed by atoms with Crippen LogP contribution in [0.5, 0.6) is 5.75 Å². The number of hydrogen-bond donors (Lipinski definition) is 2. The molecule has 1 atom stereocenters. The van der Waals surface area contributed by atoms with Gasteiger partial charge in [0.15, 0.2) is 5.96 Å². The minimum Gasteiger partial charge on any atom is -0.493 e. The van der Waals surface area contributed by atoms with Crippen molar-refractivity contribution in [3.05, 3.63) is 59.7 Å². The van der Waals surface area contributed by atoms with Crippen LogP contribution in [0.2, 0.25) is 0 Å². The molecule has 0 amide bonds. The van der Waals surface area contributed by atoms with Gasteiger partial charge in [-0.2, -0.15) is 0 Å². The third kappa shape index (κ3) is 4.77. The van der Waals surface area contributed by atoms with Gasteiger partial charge in [0.25, 0.3) is 0 Å². The molecule has 4 rings (SSSR count). The van der Waals surface area contributed by atoms with Gasteiger partial charge in [0.05, 0.1) is 30.6 Å². The molecule has 9 heteroatoms. The van der Waals surface area contributed by atoms with E-state index in [1.165, 1.54) is 4.31 Å². The number of sulfonamides is 1. The van der Waals surface area contributed by atoms with Crippen molar-refractivity contribution in [3.8, 4) is 5.75 Å². The predicted octanol–water partition coefficient (Wildman–Crippen LogP) is 2.43. The van der Waals surface area contributed by atoms with Gasteiger partial charge in [0, 0.05) is 18.5 Å². The Morgan fingerprint density at radius 1 is 1.21 bits per heavy atom. The molecule has 29 heavy (non-hydrogen) atoms. The third-order valence-corrected chi connectivity index (χ3v) is 6.84. The first-order valence-corrected chi connectivity index (χ1v) is 11.0. The molecule has 2 aromatic carbocycles. The molecule has 2 aliphatic rings. The lowest BCUT2D eigenvalue weighted by atomic mass is 10.0. The zero-order valence-corrected chi connectivity index (χ0v) is 19.1. The fourth-order valence-corrected chi connectivity index (χ4v) is 5.09. The highest BCUT2D eigenvalue weighted by atomic mass is 127. The minimum absolute atomic E-state index is 0. The van der Waals surface area contributed by atoms with Crippen LogP contribution >= 0.6 is 24.0 Å². The smallest absolute Gasteiger partial charge is 0.237 e. The molecule has 3 N–H and O–H groups in total. The van der Waals surface area contributed by atoms with E-state index in [2.05, 4.69) is 10.3 Å². The van der Waals surface area contributed by atoms with Gasteiger partial charge in [-0.05, 0) is 24.1 Å². The minimum atomic E-state index is -3.43. The number of ether oxygens (including phenoxy) is 1. The Morgan fingerprint density at radius 2 is 1.97 bits per heavy atom. The number of aliphatic imine (C=N–C) groups is 1. The van der Waals surface area contributed by atoms with E-state index in [4.69, 9.17) is 10.5 Å². The number of halogens is 1. The summed E-state index contributed by atoms with van der Waals surface area (Å²) in [5.41, 5.74) is 8.88. The molecule has 0 fully saturated rings. The lowest BCUT2D eigenvalue weighted by Crippen LogP contribution is -2.38. The van der Waals surface area contributed by atoms with Crippen LogP contribution in [0.3, 0.4) is 0 Å². The Hall–Kier alpha value is -2.01. The molecule has 7 nitrogen and oxygen atoms in total. The van der Waals surface area contributed by atoms with Crippen LogP contribution in [0.15, 0.2) is 53.5 Å². The summed E-state index contributed by atoms with van der Waals surface area (Å²) in [5.74, 6) is 1.02. The van der Waals surface area contributed by atoms with E-state index in [-0.39, 0.29) is 48.3 Å². The van der Waals surface area contributed by atoms with E-state index in [0.29, 0.717) is 13.2 Å². The number of nitrogens with two attached hydrogens (primary N) is 1. The van der Waals surface area contributed by atoms with Crippen LogP contribution in [0, 0.1) is 0 Å². The molecule has 0 aromatic heterocycles. The van der Waals surface area contributed by atoms with Crippen molar-refractivity contribution in [1.29, 1.82) is 0 Å². The fraction of sp³-hybridized carbons (Fsp3) is 0.350. The average molecular weight is 528 g/mol. The average Bonchev–Trinajstić information content (AvgIpc) is 3.13. The van der Waals surface area contributed by atoms with Gasteiger partial charge in [-0.25, -0.2) is 8.42 Å². The molecule has 1 unspecified atom stereocenters. The van der Waals surface area contributed by atoms with Gasteiger partial charge >= 0.3 is 0 Å². The van der Waals surface area contributed by atoms with Gasteiger partial charge in [0.2, 0.25) is 10.0 Å². The highest BCUT2D eigenvalue weighted by Crippen LogP contribution is 2.31. The molecule has 2 aliphatic heterocycles. The zero-order chi connectivity index (χ0) is 19.6. The standard InChI is InChI=1S/C20H24N4O3S.HI/c21-20(23-17-10-13-27-19-8-4-2-6-16(17)19)22-11-14-28(25,26)24-12-9-15-5-1-3-7-18(15)24;/h1-8,17H,9-14H2,(H3,21,22,23);1H. The van der Waals surface area contributed by atoms with Crippen LogP contribution in [-0.2, 0) is 16.4 Å². The molecule has 0 bridgehead atoms. The number of guanidine groups is 1. The van der Waals surface area contributed by atoms with Crippen LogP contribution in [0.1, 0.15) is 23.6 Å². The Morgan fingerprint density at radius 3 is 2.83 bits per heavy atom. The molecule has 0 aliphatic carbocycles. The lowest BCUT2D eigenvalue weighted by molar-refractivity contribution is 0.262. The third-order valence-electron chi connectivity index (χ3n) is 5.09. The maximum absolute atomic E-state index is 12.7. The second-order valence-electron chi connectivity index (χ2n) is 6.91. The summed E-state index contributed by atoms with van der Waals surface area (Å²) in [6.07, 6.45) is 1.52. The molecule has 2 aromatic rings. The van der Waals surface area contributed by atoms with Crippen molar-refractivity contribution in [2.24, 2.45) is 10.7 Å². The first kappa shape index (κ1) is 21.7. The summed E-state index contributed by atoms with van der Waals surface area (Å²) in [4.78, 5) is 4.24. The second kappa shape index (κ2) is 9.21. The van der Waals surface area contributed by atoms with Gasteiger partial charge in [0.1, 0.15) is 5.75 Å². The van der Waals surface area contributed by atoms with E-state index in [1.54, 1.807) is 0 Å². The van der Waals surface area contributed by atoms with Gasteiger partial charge in [-0.15, -0.1) is 24.0 Å². The highest BCUT2D eigenvalue weighted by molar-refractivity contribution is 14.0. The number of nitrogens with one attached hydrogen (secondary N) is 1. The van der Waals surface area contributed by atoms with Gasteiger partial charge in [-0.3, -0.25) is 9.30 Å². The zero-order valence-electron chi connectivity index (χ0n) is 16.0. The number of fused-ring (bicyclic) bond motifs is 2. The number of anilines is 1. The van der Waals surface area contributed by atoms with E-state index in [1.807, 2.05) is 48.5 Å². The molecule has 0 radical (unpaired) electrons. The maximum atomic E-state index is 12.7. The molecular formula is C20H25IN4O3S. The first-order chi connectivity index (χ1) is 13.5. The summed E-state index contributed by atoms with van der Waals surface area (Å²) in [5, 5.41) is 3.19. The largest absolute Gasteiger partial charge is 0.493 e. The first-order valence-electron chi connectivity index (χ1n) is 9.41. The Bertz CT molecular complexity index is 997. The van der Waals surface area contributed by atoms with E-state index in [9.17, 15) is 8.42 Å². The van der Waals surface area contributed by atoms with E-state index >= 15 is 0 Å². The normalized spacial score (nSPS) is 18.3. The van der Waals surface area contributed by atoms with Crippen LogP contribution < -0.4 is 20.1 Å². The summed E-state index contributed by atoms with van der Waals surface area (Å²) in [6, 6.07) is 15.4. The van der Waals surface area contributed by atoms with Crippen molar-refractivity contribution in [2.45, 2.75) is 18.9 Å². The topological polar surface area (TPSA) is 97.0 Å². The van der Waals surface area contributed by atoms with Gasteiger partial charge in [-0.1, -0.05) is 36.4 Å². The summed E-state index contributed by atoms with van der Waals surface area (Å²) >= 11 is 0. The lowest BCUT2D eigenvalue weighted by Gasteiger charge is -2.27. The van der Waals surface area contributed by atoms with E-state index in [0.717, 1.165) is 35.4 Å². The molecule has 0 spiro atoms. The van der Waals surface area contributed by atoms with Crippen molar-refractivity contribution in [1.82, 2.24) is 5.32 Å². The summed E-state index contributed by atoms with van der Waals surface area (Å²) in [6.45, 7) is 1.20. The van der Waals surface area contributed by atoms with Crippen LogP contribution in [0.4, 0.5) is 5.69 Å². The van der Waals surface area contributed by atoms with Crippen LogP contribution in [0.25, 0.3) is 0 Å². The monoisotopic (exact) mass is 528 g/mol. The van der Waals surface area contributed by atoms with Crippen molar-refractivity contribution >= 4 is 45.6 Å². The SMILES string of the molecule is I.NC(=NCCS(=O)(=O)N1CCc2ccccc21)NC1CCOc2ccccc21. The van der Waals surface area contributed by atoms with Crippen molar-refractivity contribution in [2.75, 3.05) is 29.8 Å². The fourth-order valence-electron chi connectivity index (χ4n) is 3.70. The number of hydrogen-bond acceptors (Lipinski definition) is 4. The quantitative estimate of drug-likeness (QED) is 0.353. The molecule has 0 saturated heterocycles. The molecule has 156 valence electrons. The highest BCUT2D eigenvalue weighted by Gasteiger charge is 2.28. The maximum Gasteiger partial charge on any atom is 0.237 e. The van der Waals surface area contributed by atoms with Crippen LogP contribution in [-0.4, -0.2) is 39.8 Å². The Labute approximate surface area is 188 Å². The Balaban J connectivity index is 0.00000240. The number of para-hydroxylation sites is 2. The molecule has 2 heterocycles. The van der Waals surface area contributed by atoms with Crippen molar-refractivity contribution < 1.29 is 13.2 Å². The van der Waals surface area contributed by atoms with E-state index < -0.39 is 10.0 Å².